The molecule has 5 heteroatoms. The highest BCUT2D eigenvalue weighted by atomic mass is 127. The third kappa shape index (κ3) is 2.52. The lowest BCUT2D eigenvalue weighted by atomic mass is 10.2. The number of rotatable bonds is 1. The largest absolute Gasteiger partial charge is 0.465 e. The Hall–Kier alpha value is 0.0800. The summed E-state index contributed by atoms with van der Waals surface area (Å²) in [5.74, 6) is -0.916. The number of hydrogen-bond acceptors (Lipinski definition) is 2. The van der Waals surface area contributed by atoms with Gasteiger partial charge in [-0.2, -0.15) is 0 Å². The Kier molecular flexibility index (Phi) is 3.89. The van der Waals surface area contributed by atoms with E-state index in [4.69, 9.17) is 0 Å². The number of carbonyl (C=O) groups is 1. The van der Waals surface area contributed by atoms with Crippen LogP contribution in [0, 0.1) is 13.0 Å². The fraction of sp³-hybridized carbons (Fsp3) is 0.125. The molecule has 0 aliphatic carbocycles. The van der Waals surface area contributed by atoms with Crippen molar-refractivity contribution in [1.29, 1.82) is 0 Å². The van der Waals surface area contributed by atoms with E-state index in [-0.39, 0.29) is 5.56 Å². The number of hydrogen-bond donors (Lipinski definition) is 0. The van der Waals surface area contributed by atoms with Crippen LogP contribution in [0.3, 0.4) is 0 Å². The van der Waals surface area contributed by atoms with Crippen LogP contribution >= 0.6 is 45.2 Å². The lowest BCUT2D eigenvalue weighted by Crippen LogP contribution is -2.03. The molecule has 0 saturated heterocycles. The minimum absolute atomic E-state index is 0.241. The molecule has 0 aliphatic heterocycles. The normalized spacial score (nSPS) is 9.85. The maximum Gasteiger partial charge on any atom is 0.337 e. The average molecular weight is 406 g/mol. The Balaban J connectivity index is 3.20. The average Bonchev–Trinajstić information content (AvgIpc) is 2.12. The molecule has 0 amide bonds. The van der Waals surface area contributed by atoms with Crippen LogP contribution in [0.15, 0.2) is 12.1 Å². The Morgan fingerprint density at radius 3 is 2.54 bits per heavy atom. The molecule has 1 rings (SSSR count). The van der Waals surface area contributed by atoms with Crippen molar-refractivity contribution in [2.24, 2.45) is 0 Å². The van der Waals surface area contributed by atoms with Crippen molar-refractivity contribution in [1.82, 2.24) is 0 Å². The Bertz CT molecular complexity index is 329. The van der Waals surface area contributed by atoms with E-state index in [2.05, 4.69) is 4.74 Å². The summed E-state index contributed by atoms with van der Waals surface area (Å²) < 4.78 is 18.8. The molecule has 0 atom stereocenters. The number of esters is 1. The van der Waals surface area contributed by atoms with E-state index in [0.717, 1.165) is 0 Å². The molecule has 0 aromatic heterocycles. The van der Waals surface area contributed by atoms with Gasteiger partial charge in [-0.3, -0.25) is 0 Å². The van der Waals surface area contributed by atoms with Crippen molar-refractivity contribution in [3.8, 4) is 0 Å². The highest BCUT2D eigenvalue weighted by Crippen LogP contribution is 2.20. The van der Waals surface area contributed by atoms with Gasteiger partial charge in [-0.25, -0.2) is 9.18 Å². The summed E-state index contributed by atoms with van der Waals surface area (Å²) in [6.07, 6.45) is 0. The standard InChI is InChI=1S/C8H5FI2O2/c1-13-8(12)4-2-5(9)7(11)6(10)3-4/h2-3H,1H3. The number of ether oxygens (including phenoxy) is 1. The van der Waals surface area contributed by atoms with Crippen LogP contribution in [-0.4, -0.2) is 13.1 Å². The maximum absolute atomic E-state index is 13.1. The summed E-state index contributed by atoms with van der Waals surface area (Å²) in [6.45, 7) is 0. The Labute approximate surface area is 102 Å². The van der Waals surface area contributed by atoms with Crippen molar-refractivity contribution in [2.75, 3.05) is 7.11 Å². The SMILES string of the molecule is COC(=O)c1cc(F)c(I)c(I)c1. The summed E-state index contributed by atoms with van der Waals surface area (Å²) >= 11 is 3.86. The third-order valence-corrected chi connectivity index (χ3v) is 4.38. The zero-order valence-electron chi connectivity index (χ0n) is 6.61. The minimum atomic E-state index is -0.520. The number of carbonyl (C=O) groups excluding carboxylic acids is 1. The summed E-state index contributed by atoms with van der Waals surface area (Å²) in [7, 11) is 1.27. The first-order chi connectivity index (χ1) is 6.06. The summed E-state index contributed by atoms with van der Waals surface area (Å²) in [6, 6.07) is 2.77. The van der Waals surface area contributed by atoms with Crippen LogP contribution in [0.1, 0.15) is 10.4 Å². The molecule has 0 fully saturated rings. The summed E-state index contributed by atoms with van der Waals surface area (Å²) in [5.41, 5.74) is 0.241. The first-order valence-corrected chi connectivity index (χ1v) is 5.45. The summed E-state index contributed by atoms with van der Waals surface area (Å²) in [4.78, 5) is 11.0. The van der Waals surface area contributed by atoms with Crippen LogP contribution < -0.4 is 0 Å². The van der Waals surface area contributed by atoms with Crippen molar-refractivity contribution < 1.29 is 13.9 Å². The van der Waals surface area contributed by atoms with Crippen LogP contribution in [0.25, 0.3) is 0 Å². The van der Waals surface area contributed by atoms with Gasteiger partial charge in [0.05, 0.1) is 16.2 Å². The molecule has 0 aliphatic rings. The molecule has 0 spiro atoms. The van der Waals surface area contributed by atoms with Crippen LogP contribution in [-0.2, 0) is 4.74 Å². The number of halogens is 3. The van der Waals surface area contributed by atoms with Crippen molar-refractivity contribution in [3.63, 3.8) is 0 Å². The monoisotopic (exact) mass is 406 g/mol. The van der Waals surface area contributed by atoms with Gasteiger partial charge < -0.3 is 4.74 Å². The first kappa shape index (κ1) is 11.2. The Morgan fingerprint density at radius 1 is 1.46 bits per heavy atom. The van der Waals surface area contributed by atoms with Gasteiger partial charge in [0.15, 0.2) is 0 Å². The van der Waals surface area contributed by atoms with E-state index >= 15 is 0 Å². The van der Waals surface area contributed by atoms with E-state index < -0.39 is 11.8 Å². The number of benzene rings is 1. The van der Waals surface area contributed by atoms with Crippen molar-refractivity contribution >= 4 is 51.2 Å². The quantitative estimate of drug-likeness (QED) is 0.408. The number of methoxy groups -OCH3 is 1. The third-order valence-electron chi connectivity index (χ3n) is 1.40. The molecule has 0 heterocycles. The van der Waals surface area contributed by atoms with E-state index in [1.54, 1.807) is 6.07 Å². The molecule has 0 N–H and O–H groups in total. The molecule has 0 unspecified atom stereocenters. The van der Waals surface area contributed by atoms with Crippen LogP contribution in [0.2, 0.25) is 0 Å². The van der Waals surface area contributed by atoms with E-state index in [9.17, 15) is 9.18 Å². The molecule has 13 heavy (non-hydrogen) atoms. The molecular weight excluding hydrogens is 401 g/mol. The molecular formula is C8H5FI2O2. The highest BCUT2D eigenvalue weighted by Gasteiger charge is 2.11. The van der Waals surface area contributed by atoms with Gasteiger partial charge in [-0.1, -0.05) is 0 Å². The van der Waals surface area contributed by atoms with Gasteiger partial charge in [0, 0.05) is 3.57 Å². The van der Waals surface area contributed by atoms with Gasteiger partial charge in [0.2, 0.25) is 0 Å². The molecule has 0 bridgehead atoms. The van der Waals surface area contributed by atoms with Gasteiger partial charge in [0.25, 0.3) is 0 Å². The van der Waals surface area contributed by atoms with E-state index in [0.29, 0.717) is 7.14 Å². The molecule has 1 aromatic rings. The Morgan fingerprint density at radius 2 is 2.08 bits per heavy atom. The molecule has 0 radical (unpaired) electrons. The zero-order chi connectivity index (χ0) is 10.0. The second-order valence-electron chi connectivity index (χ2n) is 2.25. The van der Waals surface area contributed by atoms with Crippen LogP contribution in [0.5, 0.6) is 0 Å². The van der Waals surface area contributed by atoms with Gasteiger partial charge in [-0.15, -0.1) is 0 Å². The van der Waals surface area contributed by atoms with Gasteiger partial charge in [-0.05, 0) is 57.3 Å². The topological polar surface area (TPSA) is 26.3 Å². The second kappa shape index (κ2) is 4.54. The predicted molar refractivity (Wildman–Crippen MR) is 63.2 cm³/mol. The lowest BCUT2D eigenvalue weighted by molar-refractivity contribution is 0.0600. The van der Waals surface area contributed by atoms with Crippen molar-refractivity contribution in [3.05, 3.63) is 30.7 Å². The molecule has 70 valence electrons. The smallest absolute Gasteiger partial charge is 0.337 e. The fourth-order valence-electron chi connectivity index (χ4n) is 0.791. The van der Waals surface area contributed by atoms with Gasteiger partial charge in [0.1, 0.15) is 5.82 Å². The predicted octanol–water partition coefficient (Wildman–Crippen LogP) is 2.82. The minimum Gasteiger partial charge on any atom is -0.465 e. The molecule has 0 saturated carbocycles. The zero-order valence-corrected chi connectivity index (χ0v) is 10.9. The molecule has 2 nitrogen and oxygen atoms in total. The first-order valence-electron chi connectivity index (χ1n) is 3.29. The second-order valence-corrected chi connectivity index (χ2v) is 4.49. The van der Waals surface area contributed by atoms with E-state index in [1.165, 1.54) is 13.2 Å². The summed E-state index contributed by atoms with van der Waals surface area (Å²) in [5, 5.41) is 0. The highest BCUT2D eigenvalue weighted by molar-refractivity contribution is 14.1. The molecule has 1 aromatic carbocycles. The fourth-order valence-corrected chi connectivity index (χ4v) is 1.70. The van der Waals surface area contributed by atoms with Crippen LogP contribution in [0.4, 0.5) is 4.39 Å². The lowest BCUT2D eigenvalue weighted by Gasteiger charge is -2.02. The van der Waals surface area contributed by atoms with E-state index in [1.807, 2.05) is 45.2 Å². The van der Waals surface area contributed by atoms with Gasteiger partial charge >= 0.3 is 5.97 Å². The van der Waals surface area contributed by atoms with Crippen molar-refractivity contribution in [2.45, 2.75) is 0 Å². The maximum atomic E-state index is 13.1.